The molecule has 14 heavy (non-hydrogen) atoms. The molecule has 0 aliphatic carbocycles. The van der Waals surface area contributed by atoms with E-state index in [1.807, 2.05) is 4.90 Å². The lowest BCUT2D eigenvalue weighted by molar-refractivity contribution is -0.173. The zero-order valence-electron chi connectivity index (χ0n) is 8.47. The molecule has 0 radical (unpaired) electrons. The Morgan fingerprint density at radius 3 is 2.71 bits per heavy atom. The standard InChI is InChI=1S/C10H17F2NO/c1-3-5-13-6-4-10(11,12)9(2,7-13)8-14/h3,14H,1,4-8H2,2H3. The van der Waals surface area contributed by atoms with Crippen molar-refractivity contribution in [2.24, 2.45) is 5.41 Å². The van der Waals surface area contributed by atoms with E-state index in [1.165, 1.54) is 6.92 Å². The summed E-state index contributed by atoms with van der Waals surface area (Å²) in [5.74, 6) is -2.76. The van der Waals surface area contributed by atoms with E-state index < -0.39 is 17.9 Å². The highest BCUT2D eigenvalue weighted by Gasteiger charge is 2.52. The van der Waals surface area contributed by atoms with Crippen molar-refractivity contribution in [1.82, 2.24) is 4.90 Å². The normalized spacial score (nSPS) is 32.9. The van der Waals surface area contributed by atoms with Gasteiger partial charge < -0.3 is 5.11 Å². The van der Waals surface area contributed by atoms with Crippen molar-refractivity contribution in [2.45, 2.75) is 19.3 Å². The fourth-order valence-corrected chi connectivity index (χ4v) is 1.79. The molecule has 1 aliphatic rings. The van der Waals surface area contributed by atoms with Crippen LogP contribution in [0.4, 0.5) is 8.78 Å². The first kappa shape index (κ1) is 11.6. The number of rotatable bonds is 3. The Bertz CT molecular complexity index is 220. The largest absolute Gasteiger partial charge is 0.396 e. The predicted molar refractivity (Wildman–Crippen MR) is 51.4 cm³/mol. The first-order chi connectivity index (χ1) is 6.45. The Kier molecular flexibility index (Phi) is 3.27. The highest BCUT2D eigenvalue weighted by Crippen LogP contribution is 2.42. The van der Waals surface area contributed by atoms with Gasteiger partial charge in [0, 0.05) is 26.1 Å². The molecule has 1 aliphatic heterocycles. The van der Waals surface area contributed by atoms with Gasteiger partial charge >= 0.3 is 0 Å². The Labute approximate surface area is 83.2 Å². The summed E-state index contributed by atoms with van der Waals surface area (Å²) in [4.78, 5) is 1.89. The highest BCUT2D eigenvalue weighted by molar-refractivity contribution is 4.96. The summed E-state index contributed by atoms with van der Waals surface area (Å²) in [5.41, 5.74) is -1.31. The molecule has 1 saturated heterocycles. The third-order valence-electron chi connectivity index (χ3n) is 2.93. The quantitative estimate of drug-likeness (QED) is 0.706. The number of nitrogens with zero attached hydrogens (tertiary/aromatic N) is 1. The summed E-state index contributed by atoms with van der Waals surface area (Å²) < 4.78 is 26.9. The topological polar surface area (TPSA) is 23.5 Å². The van der Waals surface area contributed by atoms with Crippen molar-refractivity contribution < 1.29 is 13.9 Å². The Morgan fingerprint density at radius 2 is 2.21 bits per heavy atom. The van der Waals surface area contributed by atoms with E-state index >= 15 is 0 Å². The Hall–Kier alpha value is -0.480. The minimum atomic E-state index is -2.76. The zero-order valence-corrected chi connectivity index (χ0v) is 8.47. The molecule has 0 bridgehead atoms. The minimum absolute atomic E-state index is 0.183. The van der Waals surface area contributed by atoms with Crippen LogP contribution in [0, 0.1) is 5.41 Å². The van der Waals surface area contributed by atoms with Gasteiger partial charge in [-0.25, -0.2) is 8.78 Å². The van der Waals surface area contributed by atoms with Crippen LogP contribution in [0.15, 0.2) is 12.7 Å². The van der Waals surface area contributed by atoms with E-state index in [2.05, 4.69) is 6.58 Å². The van der Waals surface area contributed by atoms with Crippen LogP contribution in [-0.4, -0.2) is 42.2 Å². The highest BCUT2D eigenvalue weighted by atomic mass is 19.3. The molecule has 1 unspecified atom stereocenters. The van der Waals surface area contributed by atoms with Gasteiger partial charge in [0.1, 0.15) is 0 Å². The van der Waals surface area contributed by atoms with Gasteiger partial charge in [-0.2, -0.15) is 0 Å². The maximum atomic E-state index is 13.5. The van der Waals surface area contributed by atoms with Crippen molar-refractivity contribution in [1.29, 1.82) is 0 Å². The maximum Gasteiger partial charge on any atom is 0.258 e. The van der Waals surface area contributed by atoms with Crippen LogP contribution in [0.3, 0.4) is 0 Å². The van der Waals surface area contributed by atoms with Crippen LogP contribution < -0.4 is 0 Å². The van der Waals surface area contributed by atoms with Gasteiger partial charge in [0.15, 0.2) is 0 Å². The van der Waals surface area contributed by atoms with Crippen LogP contribution in [-0.2, 0) is 0 Å². The van der Waals surface area contributed by atoms with Gasteiger partial charge in [0.05, 0.1) is 12.0 Å². The van der Waals surface area contributed by atoms with Crippen molar-refractivity contribution in [2.75, 3.05) is 26.2 Å². The number of aliphatic hydroxyl groups excluding tert-OH is 1. The van der Waals surface area contributed by atoms with Gasteiger partial charge in [-0.15, -0.1) is 6.58 Å². The fraction of sp³-hybridized carbons (Fsp3) is 0.800. The Balaban J connectivity index is 2.72. The molecule has 0 aromatic carbocycles. The number of alkyl halides is 2. The second kappa shape index (κ2) is 3.95. The molecular formula is C10H17F2NO. The second-order valence-corrected chi connectivity index (χ2v) is 4.20. The zero-order chi connectivity index (χ0) is 10.8. The third-order valence-corrected chi connectivity index (χ3v) is 2.93. The SMILES string of the molecule is C=CCN1CCC(F)(F)C(C)(CO)C1. The van der Waals surface area contributed by atoms with Crippen LogP contribution in [0.5, 0.6) is 0 Å². The van der Waals surface area contributed by atoms with E-state index in [0.29, 0.717) is 13.1 Å². The summed E-state index contributed by atoms with van der Waals surface area (Å²) in [7, 11) is 0. The lowest BCUT2D eigenvalue weighted by Crippen LogP contribution is -2.55. The lowest BCUT2D eigenvalue weighted by Gasteiger charge is -2.44. The summed E-state index contributed by atoms with van der Waals surface area (Å²) >= 11 is 0. The molecule has 1 atom stereocenters. The molecule has 1 fully saturated rings. The summed E-state index contributed by atoms with van der Waals surface area (Å²) in [6.45, 7) is 5.72. The predicted octanol–water partition coefficient (Wildman–Crippen LogP) is 1.51. The first-order valence-corrected chi connectivity index (χ1v) is 4.77. The molecule has 0 saturated carbocycles. The van der Waals surface area contributed by atoms with Crippen LogP contribution in [0.1, 0.15) is 13.3 Å². The van der Waals surface area contributed by atoms with Crippen molar-refractivity contribution in [3.63, 3.8) is 0 Å². The summed E-state index contributed by atoms with van der Waals surface area (Å²) in [6.07, 6.45) is 1.51. The molecular weight excluding hydrogens is 188 g/mol. The van der Waals surface area contributed by atoms with E-state index in [9.17, 15) is 8.78 Å². The molecule has 1 rings (SSSR count). The number of halogens is 2. The average Bonchev–Trinajstić information content (AvgIpc) is 2.12. The number of hydrogen-bond donors (Lipinski definition) is 1. The van der Waals surface area contributed by atoms with Crippen LogP contribution >= 0.6 is 0 Å². The number of likely N-dealkylation sites (tertiary alicyclic amines) is 1. The average molecular weight is 205 g/mol. The fourth-order valence-electron chi connectivity index (χ4n) is 1.79. The summed E-state index contributed by atoms with van der Waals surface area (Å²) in [6, 6.07) is 0. The van der Waals surface area contributed by atoms with Crippen LogP contribution in [0.2, 0.25) is 0 Å². The monoisotopic (exact) mass is 205 g/mol. The molecule has 0 aromatic heterocycles. The Morgan fingerprint density at radius 1 is 1.57 bits per heavy atom. The molecule has 2 nitrogen and oxygen atoms in total. The second-order valence-electron chi connectivity index (χ2n) is 4.20. The molecule has 1 heterocycles. The molecule has 0 amide bonds. The molecule has 4 heteroatoms. The summed E-state index contributed by atoms with van der Waals surface area (Å²) in [5, 5.41) is 9.04. The third kappa shape index (κ3) is 1.96. The van der Waals surface area contributed by atoms with E-state index in [1.54, 1.807) is 6.08 Å². The molecule has 82 valence electrons. The van der Waals surface area contributed by atoms with Crippen molar-refractivity contribution in [3.05, 3.63) is 12.7 Å². The van der Waals surface area contributed by atoms with Crippen molar-refractivity contribution in [3.8, 4) is 0 Å². The molecule has 1 N–H and O–H groups in total. The smallest absolute Gasteiger partial charge is 0.258 e. The van der Waals surface area contributed by atoms with Gasteiger partial charge in [0.2, 0.25) is 0 Å². The number of hydrogen-bond acceptors (Lipinski definition) is 2. The lowest BCUT2D eigenvalue weighted by atomic mass is 9.79. The van der Waals surface area contributed by atoms with E-state index in [0.717, 1.165) is 0 Å². The number of aliphatic hydroxyl groups is 1. The van der Waals surface area contributed by atoms with Crippen molar-refractivity contribution >= 4 is 0 Å². The number of piperidine rings is 1. The molecule has 0 spiro atoms. The first-order valence-electron chi connectivity index (χ1n) is 4.77. The van der Waals surface area contributed by atoms with E-state index in [4.69, 9.17) is 5.11 Å². The minimum Gasteiger partial charge on any atom is -0.396 e. The van der Waals surface area contributed by atoms with Gasteiger partial charge in [0.25, 0.3) is 5.92 Å². The van der Waals surface area contributed by atoms with Crippen LogP contribution in [0.25, 0.3) is 0 Å². The van der Waals surface area contributed by atoms with Gasteiger partial charge in [-0.1, -0.05) is 13.0 Å². The van der Waals surface area contributed by atoms with Gasteiger partial charge in [-0.3, -0.25) is 4.90 Å². The maximum absolute atomic E-state index is 13.5. The molecule has 0 aromatic rings. The van der Waals surface area contributed by atoms with Gasteiger partial charge in [-0.05, 0) is 0 Å². The van der Waals surface area contributed by atoms with E-state index in [-0.39, 0.29) is 13.0 Å².